The van der Waals surface area contributed by atoms with E-state index in [2.05, 4.69) is 204 Å². The van der Waals surface area contributed by atoms with E-state index in [1.54, 1.807) is 0 Å². The van der Waals surface area contributed by atoms with Crippen LogP contribution in [0, 0.1) is 0 Å². The number of furan rings is 1. The highest BCUT2D eigenvalue weighted by Gasteiger charge is 2.22. The normalized spacial score (nSPS) is 11.8. The Kier molecular flexibility index (Phi) is 6.55. The van der Waals surface area contributed by atoms with Crippen LogP contribution >= 0.6 is 0 Å². The lowest BCUT2D eigenvalue weighted by Crippen LogP contribution is -2.10. The van der Waals surface area contributed by atoms with Crippen molar-refractivity contribution in [1.29, 1.82) is 0 Å². The zero-order valence-corrected chi connectivity index (χ0v) is 28.8. The van der Waals surface area contributed by atoms with Gasteiger partial charge in [-0.1, -0.05) is 121 Å². The van der Waals surface area contributed by atoms with Gasteiger partial charge in [-0.3, -0.25) is 0 Å². The van der Waals surface area contributed by atoms with Crippen LogP contribution < -0.4 is 4.90 Å². The molecule has 0 radical (unpaired) electrons. The smallest absolute Gasteiger partial charge is 0.137 e. The largest absolute Gasteiger partial charge is 0.456 e. The van der Waals surface area contributed by atoms with Crippen molar-refractivity contribution in [3.8, 4) is 16.8 Å². The summed E-state index contributed by atoms with van der Waals surface area (Å²) in [6, 6.07) is 69.9. The summed E-state index contributed by atoms with van der Waals surface area (Å²) in [6.07, 6.45) is 0. The second-order valence-corrected chi connectivity index (χ2v) is 13.8. The first kappa shape index (κ1) is 29.6. The Morgan fingerprint density at radius 2 is 1.08 bits per heavy atom. The van der Waals surface area contributed by atoms with Crippen LogP contribution in [-0.2, 0) is 0 Å². The Hall–Kier alpha value is -7.10. The van der Waals surface area contributed by atoms with Gasteiger partial charge >= 0.3 is 0 Å². The minimum absolute atomic E-state index is 0.865. The van der Waals surface area contributed by atoms with Gasteiger partial charge in [0.25, 0.3) is 0 Å². The monoisotopic (exact) mass is 676 g/mol. The molecule has 0 unspecified atom stereocenters. The Morgan fingerprint density at radius 1 is 0.377 bits per heavy atom. The predicted molar refractivity (Wildman–Crippen MR) is 223 cm³/mol. The van der Waals surface area contributed by atoms with Crippen molar-refractivity contribution in [3.05, 3.63) is 194 Å². The highest BCUT2D eigenvalue weighted by molar-refractivity contribution is 6.17. The van der Waals surface area contributed by atoms with Crippen LogP contribution in [0.4, 0.5) is 17.1 Å². The maximum absolute atomic E-state index is 6.61. The van der Waals surface area contributed by atoms with E-state index in [-0.39, 0.29) is 0 Å². The van der Waals surface area contributed by atoms with Gasteiger partial charge in [-0.05, 0) is 105 Å². The van der Waals surface area contributed by atoms with Crippen molar-refractivity contribution in [1.82, 2.24) is 4.57 Å². The van der Waals surface area contributed by atoms with E-state index < -0.39 is 0 Å². The third-order valence-electron chi connectivity index (χ3n) is 10.7. The summed E-state index contributed by atoms with van der Waals surface area (Å²) in [5.41, 5.74) is 10.8. The van der Waals surface area contributed by atoms with Gasteiger partial charge in [0.2, 0.25) is 0 Å². The van der Waals surface area contributed by atoms with Crippen molar-refractivity contribution in [2.75, 3.05) is 4.90 Å². The predicted octanol–water partition coefficient (Wildman–Crippen LogP) is 14.1. The molecule has 0 fully saturated rings. The minimum atomic E-state index is 0.865. The molecule has 0 aliphatic heterocycles. The van der Waals surface area contributed by atoms with Crippen LogP contribution in [0.2, 0.25) is 0 Å². The molecule has 0 spiro atoms. The van der Waals surface area contributed by atoms with E-state index in [0.29, 0.717) is 0 Å². The van der Waals surface area contributed by atoms with Gasteiger partial charge < -0.3 is 13.9 Å². The summed E-state index contributed by atoms with van der Waals surface area (Å²) in [7, 11) is 0. The van der Waals surface area contributed by atoms with Crippen molar-refractivity contribution in [2.45, 2.75) is 0 Å². The lowest BCUT2D eigenvalue weighted by atomic mass is 10.00. The average Bonchev–Trinajstić information content (AvgIpc) is 3.75. The summed E-state index contributed by atoms with van der Waals surface area (Å²) >= 11 is 0. The number of hydrogen-bond donors (Lipinski definition) is 0. The molecule has 11 rings (SSSR count). The topological polar surface area (TPSA) is 21.3 Å². The molecule has 0 saturated heterocycles. The maximum Gasteiger partial charge on any atom is 0.137 e. The molecule has 0 N–H and O–H groups in total. The molecule has 0 bridgehead atoms. The standard InChI is InChI=1S/C50H32N2O/c1-3-12-33(13-4-1)37-23-22-34-24-25-40(29-38(34)28-37)51(46-20-11-21-48-50(46)44-30-35-14-7-8-15-36(35)31-49(44)53-48)41-26-27-43-42-18-9-10-19-45(42)52(47(43)32-41)39-16-5-2-6-17-39/h1-32H. The van der Waals surface area contributed by atoms with Gasteiger partial charge in [0.15, 0.2) is 0 Å². The summed E-state index contributed by atoms with van der Waals surface area (Å²) in [5.74, 6) is 0. The first-order chi connectivity index (χ1) is 26.3. The Balaban J connectivity index is 1.20. The summed E-state index contributed by atoms with van der Waals surface area (Å²) in [6.45, 7) is 0. The van der Waals surface area contributed by atoms with Crippen LogP contribution in [0.15, 0.2) is 199 Å². The molecular formula is C50H32N2O. The van der Waals surface area contributed by atoms with Gasteiger partial charge in [-0.25, -0.2) is 0 Å². The number of anilines is 3. The van der Waals surface area contributed by atoms with Crippen LogP contribution in [0.3, 0.4) is 0 Å². The Labute approximate surface area is 306 Å². The van der Waals surface area contributed by atoms with Gasteiger partial charge in [0.05, 0.1) is 22.1 Å². The number of aromatic nitrogens is 1. The molecule has 9 aromatic carbocycles. The molecule has 3 heteroatoms. The highest BCUT2D eigenvalue weighted by atomic mass is 16.3. The maximum atomic E-state index is 6.61. The zero-order valence-electron chi connectivity index (χ0n) is 28.8. The van der Waals surface area contributed by atoms with Crippen molar-refractivity contribution in [2.24, 2.45) is 0 Å². The molecular weight excluding hydrogens is 645 g/mol. The number of rotatable bonds is 5. The number of hydrogen-bond acceptors (Lipinski definition) is 2. The van der Waals surface area contributed by atoms with E-state index >= 15 is 0 Å². The fourth-order valence-electron chi connectivity index (χ4n) is 8.24. The van der Waals surface area contributed by atoms with Crippen LogP contribution in [-0.4, -0.2) is 4.57 Å². The number of nitrogens with zero attached hydrogens (tertiary/aromatic N) is 2. The van der Waals surface area contributed by atoms with E-state index in [0.717, 1.165) is 50.2 Å². The van der Waals surface area contributed by atoms with Gasteiger partial charge in [0.1, 0.15) is 11.2 Å². The third-order valence-corrected chi connectivity index (χ3v) is 10.7. The van der Waals surface area contributed by atoms with Gasteiger partial charge in [-0.2, -0.15) is 0 Å². The molecule has 248 valence electrons. The highest BCUT2D eigenvalue weighted by Crippen LogP contribution is 2.46. The lowest BCUT2D eigenvalue weighted by molar-refractivity contribution is 0.669. The molecule has 0 aliphatic rings. The molecule has 0 saturated carbocycles. The quantitative estimate of drug-likeness (QED) is 0.181. The first-order valence-electron chi connectivity index (χ1n) is 18.1. The minimum Gasteiger partial charge on any atom is -0.456 e. The summed E-state index contributed by atoms with van der Waals surface area (Å²) in [5, 5.41) is 9.39. The second kappa shape index (κ2) is 11.7. The third kappa shape index (κ3) is 4.75. The van der Waals surface area contributed by atoms with Crippen LogP contribution in [0.25, 0.3) is 82.1 Å². The van der Waals surface area contributed by atoms with Crippen LogP contribution in [0.5, 0.6) is 0 Å². The fraction of sp³-hybridized carbons (Fsp3) is 0. The van der Waals surface area contributed by atoms with Crippen molar-refractivity contribution < 1.29 is 4.42 Å². The Morgan fingerprint density at radius 3 is 1.94 bits per heavy atom. The van der Waals surface area contributed by atoms with E-state index in [9.17, 15) is 0 Å². The van der Waals surface area contributed by atoms with E-state index in [4.69, 9.17) is 4.42 Å². The summed E-state index contributed by atoms with van der Waals surface area (Å²) < 4.78 is 9.00. The molecule has 11 aromatic rings. The molecule has 0 aliphatic carbocycles. The molecule has 2 heterocycles. The van der Waals surface area contributed by atoms with Crippen LogP contribution in [0.1, 0.15) is 0 Å². The zero-order chi connectivity index (χ0) is 34.9. The number of benzene rings is 9. The SMILES string of the molecule is c1ccc(-c2ccc3ccc(N(c4ccc5c6ccccc6n(-c6ccccc6)c5c4)c4cccc5oc6cc7ccccc7cc6c45)cc3c2)cc1. The molecule has 2 aromatic heterocycles. The molecule has 0 amide bonds. The number of para-hydroxylation sites is 2. The molecule has 3 nitrogen and oxygen atoms in total. The molecule has 53 heavy (non-hydrogen) atoms. The lowest BCUT2D eigenvalue weighted by Gasteiger charge is -2.27. The van der Waals surface area contributed by atoms with E-state index in [1.807, 2.05) is 0 Å². The van der Waals surface area contributed by atoms with Gasteiger partial charge in [0, 0.05) is 33.2 Å². The summed E-state index contributed by atoms with van der Waals surface area (Å²) in [4.78, 5) is 2.41. The Bertz CT molecular complexity index is 3170. The van der Waals surface area contributed by atoms with E-state index in [1.165, 1.54) is 49.0 Å². The first-order valence-corrected chi connectivity index (χ1v) is 18.1. The van der Waals surface area contributed by atoms with Crippen molar-refractivity contribution in [3.63, 3.8) is 0 Å². The average molecular weight is 677 g/mol. The molecule has 0 atom stereocenters. The number of fused-ring (bicyclic) bond motifs is 8. The van der Waals surface area contributed by atoms with Crippen molar-refractivity contribution >= 4 is 82.4 Å². The van der Waals surface area contributed by atoms with Gasteiger partial charge in [-0.15, -0.1) is 0 Å². The fourth-order valence-corrected chi connectivity index (χ4v) is 8.24. The second-order valence-electron chi connectivity index (χ2n) is 13.8.